The molecule has 1 aliphatic rings. The van der Waals surface area contributed by atoms with Crippen molar-refractivity contribution in [2.75, 3.05) is 51.3 Å². The molecule has 2 aromatic rings. The molecular formula is C23H33N3O6. The summed E-state index contributed by atoms with van der Waals surface area (Å²) in [5.41, 5.74) is 2.38. The van der Waals surface area contributed by atoms with Gasteiger partial charge in [0.25, 0.3) is 12.9 Å². The van der Waals surface area contributed by atoms with Crippen LogP contribution in [0.5, 0.6) is 11.5 Å². The average Bonchev–Trinajstić information content (AvgIpc) is 3.04. The van der Waals surface area contributed by atoms with Gasteiger partial charge in [0.1, 0.15) is 11.5 Å². The van der Waals surface area contributed by atoms with E-state index in [1.165, 1.54) is 12.1 Å². The van der Waals surface area contributed by atoms with Gasteiger partial charge in [-0.05, 0) is 62.7 Å². The van der Waals surface area contributed by atoms with Crippen LogP contribution in [0.3, 0.4) is 0 Å². The van der Waals surface area contributed by atoms with Crippen molar-refractivity contribution in [1.82, 2.24) is 9.88 Å². The maximum Gasteiger partial charge on any atom is 0.290 e. The van der Waals surface area contributed by atoms with Crippen LogP contribution >= 0.6 is 0 Å². The Bertz CT molecular complexity index is 767. The number of carboxylic acid groups (broad SMARTS) is 2. The molecule has 2 heterocycles. The third kappa shape index (κ3) is 10.6. The zero-order chi connectivity index (χ0) is 23.6. The number of nitrogens with zero attached hydrogens (tertiary/aromatic N) is 3. The topological polar surface area (TPSA) is 112 Å². The lowest BCUT2D eigenvalue weighted by molar-refractivity contribution is -0.123. The van der Waals surface area contributed by atoms with E-state index >= 15 is 0 Å². The van der Waals surface area contributed by atoms with Gasteiger partial charge in [0.05, 0.1) is 13.7 Å². The fourth-order valence-corrected chi connectivity index (χ4v) is 3.33. The van der Waals surface area contributed by atoms with Gasteiger partial charge in [-0.15, -0.1) is 0 Å². The summed E-state index contributed by atoms with van der Waals surface area (Å²) in [6, 6.07) is 12.1. The lowest BCUT2D eigenvalue weighted by atomic mass is 10.3. The molecule has 0 bridgehead atoms. The minimum atomic E-state index is -0.250. The second-order valence-corrected chi connectivity index (χ2v) is 6.93. The van der Waals surface area contributed by atoms with Gasteiger partial charge in [-0.1, -0.05) is 0 Å². The summed E-state index contributed by atoms with van der Waals surface area (Å²) in [6.45, 7) is 7.82. The highest BCUT2D eigenvalue weighted by molar-refractivity contribution is 5.46. The van der Waals surface area contributed by atoms with Crippen molar-refractivity contribution in [3.63, 3.8) is 0 Å². The Morgan fingerprint density at radius 2 is 1.66 bits per heavy atom. The van der Waals surface area contributed by atoms with Crippen molar-refractivity contribution in [3.05, 3.63) is 48.3 Å². The number of anilines is 1. The van der Waals surface area contributed by atoms with E-state index in [2.05, 4.69) is 33.8 Å². The van der Waals surface area contributed by atoms with Gasteiger partial charge >= 0.3 is 0 Å². The van der Waals surface area contributed by atoms with E-state index in [0.29, 0.717) is 0 Å². The summed E-state index contributed by atoms with van der Waals surface area (Å²) in [4.78, 5) is 26.0. The van der Waals surface area contributed by atoms with Crippen LogP contribution in [-0.4, -0.2) is 79.5 Å². The Kier molecular flexibility index (Phi) is 13.7. The number of rotatable bonds is 7. The van der Waals surface area contributed by atoms with Gasteiger partial charge in [0.2, 0.25) is 0 Å². The minimum Gasteiger partial charge on any atom is -0.497 e. The van der Waals surface area contributed by atoms with Gasteiger partial charge in [-0.2, -0.15) is 0 Å². The van der Waals surface area contributed by atoms with Gasteiger partial charge < -0.3 is 29.5 Å². The predicted octanol–water partition coefficient (Wildman–Crippen LogP) is 2.78. The summed E-state index contributed by atoms with van der Waals surface area (Å²) in [5.74, 6) is 1.76. The first-order valence-electron chi connectivity index (χ1n) is 10.4. The van der Waals surface area contributed by atoms with E-state index in [-0.39, 0.29) is 12.9 Å². The molecule has 0 unspecified atom stereocenters. The maximum absolute atomic E-state index is 8.36. The van der Waals surface area contributed by atoms with Crippen molar-refractivity contribution < 1.29 is 29.3 Å². The van der Waals surface area contributed by atoms with Gasteiger partial charge in [0, 0.05) is 43.8 Å². The highest BCUT2D eigenvalue weighted by Crippen LogP contribution is 2.18. The van der Waals surface area contributed by atoms with Gasteiger partial charge in [-0.3, -0.25) is 14.6 Å². The third-order valence-electron chi connectivity index (χ3n) is 4.78. The summed E-state index contributed by atoms with van der Waals surface area (Å²) in [7, 11) is 1.67. The zero-order valence-electron chi connectivity index (χ0n) is 18.7. The number of pyridine rings is 1. The Morgan fingerprint density at radius 1 is 1.00 bits per heavy atom. The van der Waals surface area contributed by atoms with E-state index in [0.717, 1.165) is 62.9 Å². The summed E-state index contributed by atoms with van der Waals surface area (Å²) < 4.78 is 11.0. The molecule has 0 aliphatic carbocycles. The third-order valence-corrected chi connectivity index (χ3v) is 4.78. The number of hydrogen-bond acceptors (Lipinski definition) is 7. The van der Waals surface area contributed by atoms with Crippen LogP contribution in [0.1, 0.15) is 18.5 Å². The molecule has 9 heteroatoms. The standard InChI is InChI=1S/C21H29N3O2.2CH2O2/c1-18-17-19(9-10-22-18)24-13-3-11-23(14-15-24)12-4-16-26-21-7-5-20(25-2)6-8-21;2*2-1-3/h5-10,17H,3-4,11-16H2,1-2H3;2*1H,(H,2,3). The Hall–Kier alpha value is -3.33. The number of ether oxygens (including phenoxy) is 2. The van der Waals surface area contributed by atoms with E-state index in [4.69, 9.17) is 29.3 Å². The van der Waals surface area contributed by atoms with E-state index in [1.54, 1.807) is 7.11 Å². The summed E-state index contributed by atoms with van der Waals surface area (Å²) in [5, 5.41) is 13.8. The largest absolute Gasteiger partial charge is 0.497 e. The average molecular weight is 448 g/mol. The summed E-state index contributed by atoms with van der Waals surface area (Å²) >= 11 is 0. The number of hydrogen-bond donors (Lipinski definition) is 2. The van der Waals surface area contributed by atoms with Gasteiger partial charge in [0.15, 0.2) is 0 Å². The molecule has 1 saturated heterocycles. The molecule has 9 nitrogen and oxygen atoms in total. The normalized spacial score (nSPS) is 13.4. The molecule has 1 aromatic carbocycles. The molecule has 1 fully saturated rings. The molecule has 1 aromatic heterocycles. The number of aromatic nitrogens is 1. The first kappa shape index (κ1) is 26.7. The van der Waals surface area contributed by atoms with Crippen LogP contribution in [0.2, 0.25) is 0 Å². The second kappa shape index (κ2) is 16.4. The van der Waals surface area contributed by atoms with Crippen LogP contribution in [0.25, 0.3) is 0 Å². The molecule has 32 heavy (non-hydrogen) atoms. The Morgan fingerprint density at radius 3 is 2.28 bits per heavy atom. The minimum absolute atomic E-state index is 0.250. The quantitative estimate of drug-likeness (QED) is 0.489. The number of benzene rings is 1. The highest BCUT2D eigenvalue weighted by atomic mass is 16.5. The predicted molar refractivity (Wildman–Crippen MR) is 123 cm³/mol. The lowest BCUT2D eigenvalue weighted by Gasteiger charge is -2.23. The number of carbonyl (C=O) groups is 2. The van der Waals surface area contributed by atoms with E-state index in [9.17, 15) is 0 Å². The van der Waals surface area contributed by atoms with Crippen LogP contribution in [0, 0.1) is 6.92 Å². The van der Waals surface area contributed by atoms with E-state index < -0.39 is 0 Å². The molecule has 3 rings (SSSR count). The maximum atomic E-state index is 8.36. The van der Waals surface area contributed by atoms with Crippen LogP contribution in [0.15, 0.2) is 42.6 Å². The van der Waals surface area contributed by atoms with Crippen molar-refractivity contribution in [2.45, 2.75) is 19.8 Å². The lowest BCUT2D eigenvalue weighted by Crippen LogP contribution is -2.31. The molecule has 1 aliphatic heterocycles. The van der Waals surface area contributed by atoms with E-state index in [1.807, 2.05) is 30.5 Å². The second-order valence-electron chi connectivity index (χ2n) is 6.93. The molecule has 2 N–H and O–H groups in total. The van der Waals surface area contributed by atoms with Crippen LogP contribution in [0.4, 0.5) is 5.69 Å². The first-order chi connectivity index (χ1) is 15.6. The highest BCUT2D eigenvalue weighted by Gasteiger charge is 2.15. The molecular weight excluding hydrogens is 414 g/mol. The van der Waals surface area contributed by atoms with Crippen molar-refractivity contribution in [1.29, 1.82) is 0 Å². The van der Waals surface area contributed by atoms with Crippen molar-refractivity contribution >= 4 is 18.6 Å². The molecule has 0 amide bonds. The molecule has 0 saturated carbocycles. The van der Waals surface area contributed by atoms with Crippen molar-refractivity contribution in [3.8, 4) is 11.5 Å². The molecule has 0 radical (unpaired) electrons. The molecule has 0 spiro atoms. The fraction of sp³-hybridized carbons (Fsp3) is 0.435. The monoisotopic (exact) mass is 447 g/mol. The zero-order valence-corrected chi connectivity index (χ0v) is 18.7. The smallest absolute Gasteiger partial charge is 0.290 e. The Labute approximate surface area is 189 Å². The first-order valence-corrected chi connectivity index (χ1v) is 10.4. The van der Waals surface area contributed by atoms with Crippen LogP contribution in [-0.2, 0) is 9.59 Å². The fourth-order valence-electron chi connectivity index (χ4n) is 3.33. The van der Waals surface area contributed by atoms with Gasteiger partial charge in [-0.25, -0.2) is 0 Å². The SMILES string of the molecule is COc1ccc(OCCCN2CCCN(c3ccnc(C)c3)CC2)cc1.O=CO.O=CO. The summed E-state index contributed by atoms with van der Waals surface area (Å²) in [6.07, 6.45) is 4.14. The number of aryl methyl sites for hydroxylation is 1. The van der Waals surface area contributed by atoms with Crippen LogP contribution < -0.4 is 14.4 Å². The van der Waals surface area contributed by atoms with Crippen molar-refractivity contribution in [2.24, 2.45) is 0 Å². The molecule has 0 atom stereocenters. The number of methoxy groups -OCH3 is 1. The Balaban J connectivity index is 0.000000769. The molecule has 176 valence electrons.